The smallest absolute Gasteiger partial charge is 0.174 e. The van der Waals surface area contributed by atoms with Crippen molar-refractivity contribution in [3.63, 3.8) is 0 Å². The molecule has 92 valence electrons. The Labute approximate surface area is 108 Å². The number of hydrogen-bond donors (Lipinski definition) is 1. The van der Waals surface area contributed by atoms with E-state index in [4.69, 9.17) is 0 Å². The summed E-state index contributed by atoms with van der Waals surface area (Å²) >= 11 is 1.42. The van der Waals surface area contributed by atoms with E-state index in [1.807, 2.05) is 31.4 Å². The number of nitrogens with zero attached hydrogens (tertiary/aromatic N) is 5. The number of nitrogens with one attached hydrogen (secondary N) is 1. The SMILES string of the molecule is CNc1snc(C)c1-c1nnc2cc(C)ncn12. The highest BCUT2D eigenvalue weighted by molar-refractivity contribution is 7.10. The second-order valence-corrected chi connectivity index (χ2v) is 4.78. The third kappa shape index (κ3) is 1.55. The van der Waals surface area contributed by atoms with E-state index in [0.717, 1.165) is 33.4 Å². The number of anilines is 1. The standard InChI is InChI=1S/C11H12N6S/c1-6-4-8-14-15-10(17(8)5-13-6)9-7(2)16-18-11(9)12-3/h4-5,12H,1-3H3. The van der Waals surface area contributed by atoms with Crippen LogP contribution in [0.5, 0.6) is 0 Å². The molecular formula is C11H12N6S. The molecule has 0 spiro atoms. The summed E-state index contributed by atoms with van der Waals surface area (Å²) in [5.74, 6) is 0.771. The van der Waals surface area contributed by atoms with Crippen molar-refractivity contribution in [3.8, 4) is 11.4 Å². The second kappa shape index (κ2) is 4.02. The molecule has 1 N–H and O–H groups in total. The van der Waals surface area contributed by atoms with Crippen molar-refractivity contribution in [2.24, 2.45) is 0 Å². The normalized spacial score (nSPS) is 11.1. The van der Waals surface area contributed by atoms with Crippen LogP contribution in [0.3, 0.4) is 0 Å². The number of aromatic nitrogens is 5. The van der Waals surface area contributed by atoms with Gasteiger partial charge in [-0.15, -0.1) is 10.2 Å². The molecule has 3 aromatic rings. The minimum absolute atomic E-state index is 0.771. The molecular weight excluding hydrogens is 248 g/mol. The van der Waals surface area contributed by atoms with Gasteiger partial charge >= 0.3 is 0 Å². The van der Waals surface area contributed by atoms with Gasteiger partial charge in [-0.1, -0.05) is 0 Å². The van der Waals surface area contributed by atoms with E-state index in [-0.39, 0.29) is 0 Å². The van der Waals surface area contributed by atoms with Gasteiger partial charge in [-0.3, -0.25) is 4.40 Å². The highest BCUT2D eigenvalue weighted by Gasteiger charge is 2.17. The minimum Gasteiger partial charge on any atom is -0.378 e. The maximum atomic E-state index is 4.35. The van der Waals surface area contributed by atoms with Crippen LogP contribution in [0.4, 0.5) is 5.00 Å². The van der Waals surface area contributed by atoms with E-state index < -0.39 is 0 Å². The highest BCUT2D eigenvalue weighted by Crippen LogP contribution is 2.33. The van der Waals surface area contributed by atoms with Crippen molar-refractivity contribution in [1.29, 1.82) is 0 Å². The van der Waals surface area contributed by atoms with Crippen LogP contribution in [0.1, 0.15) is 11.4 Å². The van der Waals surface area contributed by atoms with Gasteiger partial charge in [0.1, 0.15) is 11.3 Å². The van der Waals surface area contributed by atoms with Crippen LogP contribution in [-0.2, 0) is 0 Å². The molecule has 0 aromatic carbocycles. The maximum absolute atomic E-state index is 4.35. The molecule has 6 nitrogen and oxygen atoms in total. The van der Waals surface area contributed by atoms with Gasteiger partial charge in [0.25, 0.3) is 0 Å². The molecule has 0 saturated carbocycles. The van der Waals surface area contributed by atoms with Crippen LogP contribution in [0.2, 0.25) is 0 Å². The van der Waals surface area contributed by atoms with Crippen molar-refractivity contribution in [2.75, 3.05) is 12.4 Å². The zero-order valence-electron chi connectivity index (χ0n) is 10.3. The fourth-order valence-corrected chi connectivity index (χ4v) is 2.60. The lowest BCUT2D eigenvalue weighted by Gasteiger charge is -2.02. The zero-order chi connectivity index (χ0) is 12.7. The monoisotopic (exact) mass is 260 g/mol. The number of hydrogen-bond acceptors (Lipinski definition) is 6. The first kappa shape index (κ1) is 11.1. The quantitative estimate of drug-likeness (QED) is 0.762. The molecule has 0 aliphatic carbocycles. The minimum atomic E-state index is 0.771. The molecule has 0 saturated heterocycles. The van der Waals surface area contributed by atoms with E-state index in [9.17, 15) is 0 Å². The van der Waals surface area contributed by atoms with Crippen LogP contribution in [0, 0.1) is 13.8 Å². The fraction of sp³-hybridized carbons (Fsp3) is 0.273. The van der Waals surface area contributed by atoms with Crippen LogP contribution < -0.4 is 5.32 Å². The lowest BCUT2D eigenvalue weighted by molar-refractivity contribution is 1.04. The molecule has 0 aliphatic heterocycles. The van der Waals surface area contributed by atoms with Crippen molar-refractivity contribution in [2.45, 2.75) is 13.8 Å². The zero-order valence-corrected chi connectivity index (χ0v) is 11.1. The molecule has 0 aliphatic rings. The molecule has 7 heteroatoms. The Morgan fingerprint density at radius 3 is 2.89 bits per heavy atom. The first-order chi connectivity index (χ1) is 8.70. The van der Waals surface area contributed by atoms with Gasteiger partial charge in [0.2, 0.25) is 0 Å². The maximum Gasteiger partial charge on any atom is 0.174 e. The third-order valence-corrected chi connectivity index (χ3v) is 3.71. The van der Waals surface area contributed by atoms with Crippen LogP contribution in [0.25, 0.3) is 17.0 Å². The molecule has 0 unspecified atom stereocenters. The summed E-state index contributed by atoms with van der Waals surface area (Å²) < 4.78 is 6.22. The molecule has 0 radical (unpaired) electrons. The van der Waals surface area contributed by atoms with Crippen molar-refractivity contribution in [3.05, 3.63) is 23.8 Å². The Morgan fingerprint density at radius 2 is 2.11 bits per heavy atom. The van der Waals surface area contributed by atoms with Gasteiger partial charge < -0.3 is 5.32 Å². The molecule has 18 heavy (non-hydrogen) atoms. The topological polar surface area (TPSA) is 68.0 Å². The summed E-state index contributed by atoms with van der Waals surface area (Å²) in [5.41, 5.74) is 3.65. The summed E-state index contributed by atoms with van der Waals surface area (Å²) in [6.07, 6.45) is 1.75. The van der Waals surface area contributed by atoms with Crippen molar-refractivity contribution < 1.29 is 0 Å². The Morgan fingerprint density at radius 1 is 1.28 bits per heavy atom. The first-order valence-corrected chi connectivity index (χ1v) is 6.30. The summed E-state index contributed by atoms with van der Waals surface area (Å²) in [4.78, 5) is 4.28. The molecule has 0 fully saturated rings. The van der Waals surface area contributed by atoms with E-state index >= 15 is 0 Å². The highest BCUT2D eigenvalue weighted by atomic mass is 32.1. The van der Waals surface area contributed by atoms with Gasteiger partial charge in [-0.25, -0.2) is 4.98 Å². The fourth-order valence-electron chi connectivity index (χ4n) is 1.86. The molecule has 3 aromatic heterocycles. The van der Waals surface area contributed by atoms with Gasteiger partial charge in [0.05, 0.1) is 11.3 Å². The number of aryl methyl sites for hydroxylation is 2. The van der Waals surface area contributed by atoms with Crippen LogP contribution >= 0.6 is 11.5 Å². The Balaban J connectivity index is 2.28. The van der Waals surface area contributed by atoms with Gasteiger partial charge in [-0.05, 0) is 25.4 Å². The summed E-state index contributed by atoms with van der Waals surface area (Å²) in [6.45, 7) is 3.90. The average molecular weight is 260 g/mol. The molecule has 0 atom stereocenters. The molecule has 0 bridgehead atoms. The van der Waals surface area contributed by atoms with E-state index in [2.05, 4.69) is 24.9 Å². The van der Waals surface area contributed by atoms with Crippen molar-refractivity contribution in [1.82, 2.24) is 24.0 Å². The van der Waals surface area contributed by atoms with E-state index in [0.29, 0.717) is 0 Å². The lowest BCUT2D eigenvalue weighted by atomic mass is 10.2. The summed E-state index contributed by atoms with van der Waals surface area (Å²) in [7, 11) is 1.88. The van der Waals surface area contributed by atoms with E-state index in [1.54, 1.807) is 6.33 Å². The average Bonchev–Trinajstić information content (AvgIpc) is 2.91. The Kier molecular flexibility index (Phi) is 2.48. The molecule has 0 amide bonds. The number of fused-ring (bicyclic) bond motifs is 1. The Bertz CT molecular complexity index is 713. The largest absolute Gasteiger partial charge is 0.378 e. The van der Waals surface area contributed by atoms with Gasteiger partial charge in [-0.2, -0.15) is 4.37 Å². The summed E-state index contributed by atoms with van der Waals surface area (Å²) in [5, 5.41) is 12.5. The summed E-state index contributed by atoms with van der Waals surface area (Å²) in [6, 6.07) is 1.91. The molecule has 3 heterocycles. The third-order valence-electron chi connectivity index (χ3n) is 2.75. The van der Waals surface area contributed by atoms with Crippen molar-refractivity contribution >= 4 is 22.2 Å². The predicted molar refractivity (Wildman–Crippen MR) is 70.9 cm³/mol. The molecule has 3 rings (SSSR count). The van der Waals surface area contributed by atoms with Crippen LogP contribution in [-0.4, -0.2) is 31.0 Å². The number of rotatable bonds is 2. The lowest BCUT2D eigenvalue weighted by Crippen LogP contribution is -1.95. The first-order valence-electron chi connectivity index (χ1n) is 5.52. The van der Waals surface area contributed by atoms with Crippen LogP contribution in [0.15, 0.2) is 12.4 Å². The Hall–Kier alpha value is -2.02. The predicted octanol–water partition coefficient (Wildman–Crippen LogP) is 1.91. The second-order valence-electron chi connectivity index (χ2n) is 4.00. The van der Waals surface area contributed by atoms with E-state index in [1.165, 1.54) is 11.5 Å². The van der Waals surface area contributed by atoms with Gasteiger partial charge in [0.15, 0.2) is 11.5 Å². The van der Waals surface area contributed by atoms with Gasteiger partial charge in [0, 0.05) is 18.8 Å².